The van der Waals surface area contributed by atoms with Crippen molar-refractivity contribution in [3.63, 3.8) is 0 Å². The van der Waals surface area contributed by atoms with Gasteiger partial charge in [0.15, 0.2) is 9.84 Å². The Kier molecular flexibility index (Phi) is 4.16. The highest BCUT2D eigenvalue weighted by molar-refractivity contribution is 7.92. The van der Waals surface area contributed by atoms with Gasteiger partial charge in [-0.3, -0.25) is 0 Å². The number of anilines is 1. The molecule has 1 aromatic carbocycles. The maximum absolute atomic E-state index is 12.6. The van der Waals surface area contributed by atoms with Crippen molar-refractivity contribution in [2.75, 3.05) is 12.8 Å². The minimum absolute atomic E-state index is 0.0587. The van der Waals surface area contributed by atoms with Crippen LogP contribution in [-0.2, 0) is 14.6 Å². The number of hydrogen-bond donors (Lipinski definition) is 1. The van der Waals surface area contributed by atoms with Crippen molar-refractivity contribution in [3.05, 3.63) is 23.8 Å². The van der Waals surface area contributed by atoms with Crippen molar-refractivity contribution in [3.8, 4) is 0 Å². The van der Waals surface area contributed by atoms with Crippen LogP contribution in [0.15, 0.2) is 23.1 Å². The molecule has 0 radical (unpaired) electrons. The van der Waals surface area contributed by atoms with E-state index in [1.807, 2.05) is 6.92 Å². The Morgan fingerprint density at radius 2 is 2.05 bits per heavy atom. The molecule has 0 amide bonds. The molecule has 0 aliphatic heterocycles. The average molecular weight is 283 g/mol. The lowest BCUT2D eigenvalue weighted by atomic mass is 9.97. The molecule has 0 aromatic heterocycles. The van der Waals surface area contributed by atoms with Crippen LogP contribution in [0.3, 0.4) is 0 Å². The lowest BCUT2D eigenvalue weighted by molar-refractivity contribution is 0.0720. The third-order valence-corrected chi connectivity index (χ3v) is 6.14. The van der Waals surface area contributed by atoms with Gasteiger partial charge in [-0.2, -0.15) is 0 Å². The zero-order valence-corrected chi connectivity index (χ0v) is 12.2. The summed E-state index contributed by atoms with van der Waals surface area (Å²) >= 11 is 0. The maximum atomic E-state index is 12.6. The molecule has 2 unspecified atom stereocenters. The average Bonchev–Trinajstić information content (AvgIpc) is 2.41. The van der Waals surface area contributed by atoms with E-state index in [0.29, 0.717) is 23.4 Å². The van der Waals surface area contributed by atoms with E-state index >= 15 is 0 Å². The Labute approximate surface area is 114 Å². The molecular weight excluding hydrogens is 262 g/mol. The third-order valence-electron chi connectivity index (χ3n) is 3.92. The van der Waals surface area contributed by atoms with Gasteiger partial charge in [-0.1, -0.05) is 0 Å². The minimum Gasteiger partial charge on any atom is -0.399 e. The van der Waals surface area contributed by atoms with Crippen molar-refractivity contribution in [2.45, 2.75) is 48.9 Å². The highest BCUT2D eigenvalue weighted by Gasteiger charge is 2.33. The van der Waals surface area contributed by atoms with E-state index in [0.717, 1.165) is 18.4 Å². The maximum Gasteiger partial charge on any atom is 0.181 e. The van der Waals surface area contributed by atoms with Gasteiger partial charge in [0.05, 0.1) is 16.2 Å². The van der Waals surface area contributed by atoms with Crippen LogP contribution in [0.4, 0.5) is 5.69 Å². The largest absolute Gasteiger partial charge is 0.399 e. The first-order valence-corrected chi connectivity index (χ1v) is 8.12. The summed E-state index contributed by atoms with van der Waals surface area (Å²) in [5.41, 5.74) is 7.17. The van der Waals surface area contributed by atoms with Crippen molar-refractivity contribution in [2.24, 2.45) is 0 Å². The predicted molar refractivity (Wildman–Crippen MR) is 75.8 cm³/mol. The lowest BCUT2D eigenvalue weighted by Gasteiger charge is -2.28. The Morgan fingerprint density at radius 3 is 2.68 bits per heavy atom. The molecule has 0 saturated heterocycles. The zero-order chi connectivity index (χ0) is 14.0. The number of benzene rings is 1. The highest BCUT2D eigenvalue weighted by Crippen LogP contribution is 2.30. The minimum atomic E-state index is -3.28. The molecule has 1 aliphatic carbocycles. The molecule has 2 rings (SSSR count). The Morgan fingerprint density at radius 1 is 1.32 bits per heavy atom. The number of nitrogen functional groups attached to an aromatic ring is 1. The van der Waals surface area contributed by atoms with Crippen LogP contribution in [0.2, 0.25) is 0 Å². The van der Waals surface area contributed by atoms with Gasteiger partial charge in [0.1, 0.15) is 0 Å². The molecule has 0 bridgehead atoms. The normalized spacial score (nSPS) is 24.3. The number of rotatable bonds is 3. The van der Waals surface area contributed by atoms with Gasteiger partial charge >= 0.3 is 0 Å². The van der Waals surface area contributed by atoms with Gasteiger partial charge in [0, 0.05) is 12.8 Å². The molecule has 19 heavy (non-hydrogen) atoms. The summed E-state index contributed by atoms with van der Waals surface area (Å²) < 4.78 is 30.5. The Balaban J connectivity index is 2.28. The van der Waals surface area contributed by atoms with Crippen LogP contribution in [0.25, 0.3) is 0 Å². The summed E-state index contributed by atoms with van der Waals surface area (Å²) in [6.45, 7) is 1.83. The van der Waals surface area contributed by atoms with Crippen molar-refractivity contribution >= 4 is 15.5 Å². The third kappa shape index (κ3) is 2.92. The first-order chi connectivity index (χ1) is 8.95. The second-order valence-electron chi connectivity index (χ2n) is 5.21. The summed E-state index contributed by atoms with van der Waals surface area (Å²) in [6.07, 6.45) is 3.21. The number of nitrogens with two attached hydrogens (primary N) is 1. The monoisotopic (exact) mass is 283 g/mol. The van der Waals surface area contributed by atoms with Gasteiger partial charge < -0.3 is 10.5 Å². The number of hydrogen-bond acceptors (Lipinski definition) is 4. The van der Waals surface area contributed by atoms with Crippen LogP contribution < -0.4 is 5.73 Å². The van der Waals surface area contributed by atoms with Gasteiger partial charge in [0.2, 0.25) is 0 Å². The quantitative estimate of drug-likeness (QED) is 0.864. The topological polar surface area (TPSA) is 69.4 Å². The second kappa shape index (κ2) is 5.51. The molecule has 1 aliphatic rings. The SMILES string of the molecule is COC1CCCC(S(=O)(=O)c2ccc(N)c(C)c2)C1. The van der Waals surface area contributed by atoms with Crippen LogP contribution in [0.1, 0.15) is 31.2 Å². The molecule has 1 saturated carbocycles. The van der Waals surface area contributed by atoms with Crippen LogP contribution in [0, 0.1) is 6.92 Å². The molecular formula is C14H21NO3S. The molecule has 2 atom stereocenters. The molecule has 1 aromatic rings. The summed E-state index contributed by atoms with van der Waals surface area (Å²) in [4.78, 5) is 0.376. The van der Waals surface area contributed by atoms with E-state index in [-0.39, 0.29) is 11.4 Å². The van der Waals surface area contributed by atoms with E-state index in [1.165, 1.54) is 0 Å². The molecule has 4 nitrogen and oxygen atoms in total. The lowest BCUT2D eigenvalue weighted by Crippen LogP contribution is -2.31. The summed E-state index contributed by atoms with van der Waals surface area (Å²) in [5.74, 6) is 0. The van der Waals surface area contributed by atoms with Gasteiger partial charge in [-0.15, -0.1) is 0 Å². The van der Waals surface area contributed by atoms with Gasteiger partial charge in [0.25, 0.3) is 0 Å². The van der Waals surface area contributed by atoms with E-state index in [9.17, 15) is 8.42 Å². The number of aryl methyl sites for hydroxylation is 1. The standard InChI is InChI=1S/C14H21NO3S/c1-10-8-13(6-7-14(10)15)19(16,17)12-5-3-4-11(9-12)18-2/h6-8,11-12H,3-5,9,15H2,1-2H3. The fourth-order valence-electron chi connectivity index (χ4n) is 2.62. The van der Waals surface area contributed by atoms with E-state index in [2.05, 4.69) is 0 Å². The summed E-state index contributed by atoms with van der Waals surface area (Å²) in [7, 11) is -1.63. The highest BCUT2D eigenvalue weighted by atomic mass is 32.2. The molecule has 0 heterocycles. The molecule has 106 valence electrons. The fraction of sp³-hybridized carbons (Fsp3) is 0.571. The second-order valence-corrected chi connectivity index (χ2v) is 7.44. The van der Waals surface area contributed by atoms with Gasteiger partial charge in [-0.25, -0.2) is 8.42 Å². The Bertz CT molecular complexity index is 554. The predicted octanol–water partition coefficient (Wildman–Crippen LogP) is 2.31. The Hall–Kier alpha value is -1.07. The van der Waals surface area contributed by atoms with E-state index in [4.69, 9.17) is 10.5 Å². The van der Waals surface area contributed by atoms with E-state index in [1.54, 1.807) is 25.3 Å². The fourth-order valence-corrected chi connectivity index (χ4v) is 4.54. The molecule has 2 N–H and O–H groups in total. The summed E-state index contributed by atoms with van der Waals surface area (Å²) in [5, 5.41) is -0.339. The smallest absolute Gasteiger partial charge is 0.181 e. The van der Waals surface area contributed by atoms with Crippen LogP contribution >= 0.6 is 0 Å². The first kappa shape index (κ1) is 14.3. The van der Waals surface area contributed by atoms with Gasteiger partial charge in [-0.05, 0) is 56.4 Å². The first-order valence-electron chi connectivity index (χ1n) is 6.58. The summed E-state index contributed by atoms with van der Waals surface area (Å²) in [6, 6.07) is 4.94. The van der Waals surface area contributed by atoms with E-state index < -0.39 is 9.84 Å². The van der Waals surface area contributed by atoms with Crippen molar-refractivity contribution in [1.82, 2.24) is 0 Å². The van der Waals surface area contributed by atoms with Crippen molar-refractivity contribution in [1.29, 1.82) is 0 Å². The van der Waals surface area contributed by atoms with Crippen LogP contribution in [-0.4, -0.2) is 26.9 Å². The number of methoxy groups -OCH3 is 1. The van der Waals surface area contributed by atoms with Crippen LogP contribution in [0.5, 0.6) is 0 Å². The number of ether oxygens (including phenoxy) is 1. The molecule has 1 fully saturated rings. The molecule has 5 heteroatoms. The van der Waals surface area contributed by atoms with Crippen molar-refractivity contribution < 1.29 is 13.2 Å². The zero-order valence-electron chi connectivity index (χ0n) is 11.4. The number of sulfone groups is 1. The molecule has 0 spiro atoms.